The Morgan fingerprint density at radius 2 is 2.06 bits per heavy atom. The van der Waals surface area contributed by atoms with Crippen molar-refractivity contribution in [1.29, 1.82) is 0 Å². The molecule has 1 aromatic carbocycles. The van der Waals surface area contributed by atoms with Crippen molar-refractivity contribution in [3.05, 3.63) is 58.4 Å². The molecule has 0 aliphatic heterocycles. The van der Waals surface area contributed by atoms with Crippen LogP contribution in [0.2, 0.25) is 0 Å². The van der Waals surface area contributed by atoms with E-state index >= 15 is 0 Å². The summed E-state index contributed by atoms with van der Waals surface area (Å²) in [4.78, 5) is 10.4. The van der Waals surface area contributed by atoms with Gasteiger partial charge in [0.1, 0.15) is 6.20 Å². The van der Waals surface area contributed by atoms with Crippen molar-refractivity contribution in [1.82, 2.24) is 9.78 Å². The number of aromatic nitrogens is 2. The van der Waals surface area contributed by atoms with Gasteiger partial charge in [-0.1, -0.05) is 24.3 Å². The van der Waals surface area contributed by atoms with Gasteiger partial charge in [0.15, 0.2) is 5.69 Å². The number of hydrogen-bond acceptors (Lipinski definition) is 3. The Hall–Kier alpha value is -2.43. The molecule has 0 radical (unpaired) electrons. The zero-order valence-electron chi connectivity index (χ0n) is 9.28. The van der Waals surface area contributed by atoms with E-state index in [2.05, 4.69) is 5.10 Å². The van der Waals surface area contributed by atoms with Crippen LogP contribution in [0.3, 0.4) is 0 Å². The van der Waals surface area contributed by atoms with E-state index in [0.29, 0.717) is 5.69 Å². The van der Waals surface area contributed by atoms with Gasteiger partial charge >= 0.3 is 5.69 Å². The summed E-state index contributed by atoms with van der Waals surface area (Å²) in [5, 5.41) is 15.0. The van der Waals surface area contributed by atoms with E-state index in [1.54, 1.807) is 19.1 Å². The van der Waals surface area contributed by atoms with E-state index in [-0.39, 0.29) is 5.69 Å². The molecule has 0 spiro atoms. The van der Waals surface area contributed by atoms with Crippen molar-refractivity contribution in [3.63, 3.8) is 0 Å². The number of nitro groups is 1. The zero-order chi connectivity index (χ0) is 12.3. The second-order valence-corrected chi connectivity index (χ2v) is 3.44. The second-order valence-electron chi connectivity index (χ2n) is 3.44. The van der Waals surface area contributed by atoms with Gasteiger partial charge in [-0.2, -0.15) is 5.10 Å². The van der Waals surface area contributed by atoms with E-state index in [9.17, 15) is 10.1 Å². The third-order valence-electron chi connectivity index (χ3n) is 2.26. The minimum Gasteiger partial charge on any atom is -0.258 e. The lowest BCUT2D eigenvalue weighted by Crippen LogP contribution is -1.93. The summed E-state index contributed by atoms with van der Waals surface area (Å²) in [6.07, 6.45) is 4.77. The van der Waals surface area contributed by atoms with E-state index in [1.807, 2.05) is 30.3 Å². The van der Waals surface area contributed by atoms with Gasteiger partial charge in [-0.15, -0.1) is 0 Å². The van der Waals surface area contributed by atoms with Crippen LogP contribution >= 0.6 is 0 Å². The van der Waals surface area contributed by atoms with E-state index in [0.717, 1.165) is 5.69 Å². The first-order valence-corrected chi connectivity index (χ1v) is 5.14. The maximum Gasteiger partial charge on any atom is 0.314 e. The number of nitrogens with zero attached hydrogens (tertiary/aromatic N) is 3. The van der Waals surface area contributed by atoms with Gasteiger partial charge in [0.25, 0.3) is 0 Å². The molecule has 2 aromatic rings. The summed E-state index contributed by atoms with van der Waals surface area (Å²) in [6.45, 7) is 1.80. The van der Waals surface area contributed by atoms with Crippen LogP contribution in [0.4, 0.5) is 5.69 Å². The Bertz CT molecular complexity index is 558. The molecule has 0 aliphatic carbocycles. The van der Waals surface area contributed by atoms with Crippen LogP contribution in [-0.4, -0.2) is 14.7 Å². The highest BCUT2D eigenvalue weighted by atomic mass is 16.6. The number of hydrogen-bond donors (Lipinski definition) is 0. The molecule has 0 unspecified atom stereocenters. The van der Waals surface area contributed by atoms with Gasteiger partial charge in [-0.25, -0.2) is 4.68 Å². The largest absolute Gasteiger partial charge is 0.314 e. The molecule has 2 rings (SSSR count). The highest BCUT2D eigenvalue weighted by molar-refractivity contribution is 5.56. The topological polar surface area (TPSA) is 61.0 Å². The van der Waals surface area contributed by atoms with Crippen molar-refractivity contribution >= 4 is 11.8 Å². The average Bonchev–Trinajstić information content (AvgIpc) is 2.75. The fourth-order valence-corrected chi connectivity index (χ4v) is 1.51. The Balaban J connectivity index is 2.51. The number of benzene rings is 1. The van der Waals surface area contributed by atoms with Crippen LogP contribution in [0.1, 0.15) is 12.6 Å². The van der Waals surface area contributed by atoms with Crippen molar-refractivity contribution in [2.75, 3.05) is 0 Å². The van der Waals surface area contributed by atoms with Crippen molar-refractivity contribution in [2.24, 2.45) is 0 Å². The van der Waals surface area contributed by atoms with E-state index in [4.69, 9.17) is 0 Å². The Kier molecular flexibility index (Phi) is 3.00. The van der Waals surface area contributed by atoms with Crippen LogP contribution in [0, 0.1) is 10.1 Å². The number of para-hydroxylation sites is 1. The first-order chi connectivity index (χ1) is 8.22. The predicted molar refractivity (Wildman–Crippen MR) is 64.9 cm³/mol. The number of rotatable bonds is 3. The molecule has 5 nitrogen and oxygen atoms in total. The third-order valence-corrected chi connectivity index (χ3v) is 2.26. The molecule has 1 aromatic heterocycles. The number of allylic oxidation sites excluding steroid dienone is 1. The summed E-state index contributed by atoms with van der Waals surface area (Å²) in [6, 6.07) is 9.29. The van der Waals surface area contributed by atoms with Gasteiger partial charge in [0.2, 0.25) is 0 Å². The fraction of sp³-hybridized carbons (Fsp3) is 0.0833. The predicted octanol–water partition coefficient (Wildman–Crippen LogP) is 2.81. The van der Waals surface area contributed by atoms with Crippen LogP contribution in [0.15, 0.2) is 42.6 Å². The molecule has 0 saturated carbocycles. The SMILES string of the molecule is C/C=C/c1nn(-c2ccccc2)cc1[N+](=O)[O-]. The summed E-state index contributed by atoms with van der Waals surface area (Å²) >= 11 is 0. The molecule has 0 N–H and O–H groups in total. The van der Waals surface area contributed by atoms with E-state index in [1.165, 1.54) is 10.9 Å². The second kappa shape index (κ2) is 4.61. The molecule has 5 heteroatoms. The normalized spacial score (nSPS) is 10.9. The Morgan fingerprint density at radius 1 is 1.35 bits per heavy atom. The first-order valence-electron chi connectivity index (χ1n) is 5.14. The molecule has 0 fully saturated rings. The average molecular weight is 229 g/mol. The smallest absolute Gasteiger partial charge is 0.258 e. The molecular formula is C12H11N3O2. The van der Waals surface area contributed by atoms with E-state index < -0.39 is 4.92 Å². The Labute approximate surface area is 98.2 Å². The van der Waals surface area contributed by atoms with Crippen molar-refractivity contribution in [2.45, 2.75) is 6.92 Å². The van der Waals surface area contributed by atoms with Gasteiger partial charge in [-0.05, 0) is 25.1 Å². The molecule has 0 atom stereocenters. The van der Waals surface area contributed by atoms with Crippen LogP contribution in [0.25, 0.3) is 11.8 Å². The van der Waals surface area contributed by atoms with Crippen LogP contribution in [-0.2, 0) is 0 Å². The van der Waals surface area contributed by atoms with Crippen molar-refractivity contribution in [3.8, 4) is 5.69 Å². The lowest BCUT2D eigenvalue weighted by atomic mass is 10.3. The highest BCUT2D eigenvalue weighted by Gasteiger charge is 2.17. The lowest BCUT2D eigenvalue weighted by molar-refractivity contribution is -0.385. The first kappa shape index (κ1) is 11.1. The summed E-state index contributed by atoms with van der Waals surface area (Å²) in [7, 11) is 0. The minimum atomic E-state index is -0.429. The molecule has 17 heavy (non-hydrogen) atoms. The molecular weight excluding hydrogens is 218 g/mol. The standard InChI is InChI=1S/C12H11N3O2/c1-2-6-11-12(15(16)17)9-14(13-11)10-7-4-3-5-8-10/h2-9H,1H3/b6-2+. The monoisotopic (exact) mass is 229 g/mol. The van der Waals surface area contributed by atoms with Crippen LogP contribution < -0.4 is 0 Å². The van der Waals surface area contributed by atoms with Gasteiger partial charge < -0.3 is 0 Å². The quantitative estimate of drug-likeness (QED) is 0.600. The summed E-state index contributed by atoms with van der Waals surface area (Å²) < 4.78 is 1.51. The highest BCUT2D eigenvalue weighted by Crippen LogP contribution is 2.20. The fourth-order valence-electron chi connectivity index (χ4n) is 1.51. The molecule has 1 heterocycles. The van der Waals surface area contributed by atoms with Crippen LogP contribution in [0.5, 0.6) is 0 Å². The molecule has 0 amide bonds. The zero-order valence-corrected chi connectivity index (χ0v) is 9.28. The van der Waals surface area contributed by atoms with Gasteiger partial charge in [0, 0.05) is 0 Å². The summed E-state index contributed by atoms with van der Waals surface area (Å²) in [5.74, 6) is 0. The molecule has 86 valence electrons. The maximum atomic E-state index is 10.9. The molecule has 0 bridgehead atoms. The minimum absolute atomic E-state index is 0.00644. The molecule has 0 saturated heterocycles. The van der Waals surface area contributed by atoms with Gasteiger partial charge in [-0.3, -0.25) is 10.1 Å². The maximum absolute atomic E-state index is 10.9. The lowest BCUT2D eigenvalue weighted by Gasteiger charge is -1.97. The third kappa shape index (κ3) is 2.23. The molecule has 0 aliphatic rings. The Morgan fingerprint density at radius 3 is 2.65 bits per heavy atom. The summed E-state index contributed by atoms with van der Waals surface area (Å²) in [5.41, 5.74) is 1.17. The van der Waals surface area contributed by atoms with Gasteiger partial charge in [0.05, 0.1) is 10.6 Å². The van der Waals surface area contributed by atoms with Crippen molar-refractivity contribution < 1.29 is 4.92 Å².